The zero-order valence-electron chi connectivity index (χ0n) is 13.6. The van der Waals surface area contributed by atoms with Crippen LogP contribution in [-0.4, -0.2) is 15.9 Å². The van der Waals surface area contributed by atoms with E-state index in [1.165, 1.54) is 27.9 Å². The average Bonchev–Trinajstić information content (AvgIpc) is 2.85. The van der Waals surface area contributed by atoms with Crippen LogP contribution in [0.3, 0.4) is 0 Å². The molecule has 0 fully saturated rings. The molecule has 3 nitrogen and oxygen atoms in total. The summed E-state index contributed by atoms with van der Waals surface area (Å²) in [7, 11) is 0. The summed E-state index contributed by atoms with van der Waals surface area (Å²) in [6, 6.07) is 10.8. The van der Waals surface area contributed by atoms with Gasteiger partial charge < -0.3 is 10.1 Å². The number of fused-ring (bicyclic) bond motifs is 1. The average molecular weight is 293 g/mol. The van der Waals surface area contributed by atoms with Gasteiger partial charge in [-0.25, -0.2) is 4.98 Å². The summed E-state index contributed by atoms with van der Waals surface area (Å²) in [5.41, 5.74) is 14.1. The van der Waals surface area contributed by atoms with Crippen molar-refractivity contribution in [2.24, 2.45) is 5.73 Å². The minimum absolute atomic E-state index is 0.700. The Morgan fingerprint density at radius 3 is 2.59 bits per heavy atom. The number of hydrogen-bond acceptors (Lipinski definition) is 2. The molecule has 0 aliphatic rings. The molecule has 0 radical (unpaired) electrons. The lowest BCUT2D eigenvalue weighted by Crippen LogP contribution is -2.03. The molecule has 3 rings (SSSR count). The quantitative estimate of drug-likeness (QED) is 0.794. The van der Waals surface area contributed by atoms with Gasteiger partial charge in [0.25, 0.3) is 0 Å². The van der Waals surface area contributed by atoms with Crippen molar-refractivity contribution in [2.75, 3.05) is 6.54 Å². The molecule has 0 amide bonds. The number of pyridine rings is 1. The molecular formula is C19H23N3. The third-order valence-corrected chi connectivity index (χ3v) is 4.28. The summed E-state index contributed by atoms with van der Waals surface area (Å²) in [5, 5.41) is 0. The second-order valence-corrected chi connectivity index (χ2v) is 6.03. The van der Waals surface area contributed by atoms with E-state index in [2.05, 4.69) is 61.7 Å². The number of nitrogens with two attached hydrogens (primary N) is 1. The lowest BCUT2D eigenvalue weighted by atomic mass is 10.0. The van der Waals surface area contributed by atoms with Gasteiger partial charge >= 0.3 is 0 Å². The number of nitrogens with zero attached hydrogens (tertiary/aromatic N) is 2. The number of hydrogen-bond donors (Lipinski definition) is 1. The molecule has 0 saturated heterocycles. The summed E-state index contributed by atoms with van der Waals surface area (Å²) in [5.74, 6) is 0. The molecule has 2 N–H and O–H groups in total. The summed E-state index contributed by atoms with van der Waals surface area (Å²) in [4.78, 5) is 4.89. The number of rotatable bonds is 4. The fourth-order valence-electron chi connectivity index (χ4n) is 2.83. The second-order valence-electron chi connectivity index (χ2n) is 6.03. The monoisotopic (exact) mass is 293 g/mol. The van der Waals surface area contributed by atoms with Crippen molar-refractivity contribution < 1.29 is 0 Å². The smallest absolute Gasteiger partial charge is 0.137 e. The van der Waals surface area contributed by atoms with Crippen LogP contribution in [-0.2, 0) is 6.42 Å². The molecular weight excluding hydrogens is 270 g/mol. The first-order valence-electron chi connectivity index (χ1n) is 7.85. The van der Waals surface area contributed by atoms with Crippen LogP contribution in [0.4, 0.5) is 0 Å². The van der Waals surface area contributed by atoms with E-state index in [-0.39, 0.29) is 0 Å². The van der Waals surface area contributed by atoms with Crippen LogP contribution in [0.2, 0.25) is 0 Å². The molecule has 1 aromatic carbocycles. The highest BCUT2D eigenvalue weighted by Crippen LogP contribution is 2.27. The number of imidazole rings is 1. The molecule has 2 heterocycles. The van der Waals surface area contributed by atoms with Crippen LogP contribution < -0.4 is 5.73 Å². The van der Waals surface area contributed by atoms with E-state index in [1.807, 2.05) is 0 Å². The highest BCUT2D eigenvalue weighted by Gasteiger charge is 2.14. The largest absolute Gasteiger partial charge is 0.330 e. The minimum Gasteiger partial charge on any atom is -0.330 e. The zero-order valence-corrected chi connectivity index (χ0v) is 13.6. The predicted octanol–water partition coefficient (Wildman–Crippen LogP) is 3.82. The summed E-state index contributed by atoms with van der Waals surface area (Å²) in [6.45, 7) is 7.09. The van der Waals surface area contributed by atoms with Gasteiger partial charge in [-0.2, -0.15) is 0 Å². The Labute approximate surface area is 131 Å². The summed E-state index contributed by atoms with van der Waals surface area (Å²) < 4.78 is 2.20. The molecule has 0 saturated carbocycles. The summed E-state index contributed by atoms with van der Waals surface area (Å²) in [6.07, 6.45) is 4.04. The molecule has 0 aliphatic carbocycles. The fourth-order valence-corrected chi connectivity index (χ4v) is 2.83. The molecule has 0 unspecified atom stereocenters. The first-order chi connectivity index (χ1) is 10.6. The highest BCUT2D eigenvalue weighted by atomic mass is 15.0. The van der Waals surface area contributed by atoms with Crippen LogP contribution in [0.1, 0.15) is 28.8 Å². The van der Waals surface area contributed by atoms with E-state index in [0.29, 0.717) is 6.54 Å². The van der Waals surface area contributed by atoms with Gasteiger partial charge in [0, 0.05) is 11.8 Å². The van der Waals surface area contributed by atoms with Gasteiger partial charge in [0.15, 0.2) is 0 Å². The van der Waals surface area contributed by atoms with Crippen molar-refractivity contribution in [1.29, 1.82) is 0 Å². The topological polar surface area (TPSA) is 43.3 Å². The van der Waals surface area contributed by atoms with Gasteiger partial charge in [-0.15, -0.1) is 0 Å². The number of benzene rings is 1. The Morgan fingerprint density at radius 2 is 1.86 bits per heavy atom. The second kappa shape index (κ2) is 5.93. The standard InChI is InChI=1S/C19H23N3/c1-13-8-10-22-17(5-4-9-20)19(21-18(22)11-13)16-7-6-14(2)15(3)12-16/h6-8,10-12H,4-5,9,20H2,1-3H3. The van der Waals surface area contributed by atoms with Crippen molar-refractivity contribution in [3.8, 4) is 11.3 Å². The van der Waals surface area contributed by atoms with E-state index in [0.717, 1.165) is 24.2 Å². The third-order valence-electron chi connectivity index (χ3n) is 4.28. The van der Waals surface area contributed by atoms with E-state index in [4.69, 9.17) is 10.7 Å². The summed E-state index contributed by atoms with van der Waals surface area (Å²) >= 11 is 0. The van der Waals surface area contributed by atoms with E-state index < -0.39 is 0 Å². The van der Waals surface area contributed by atoms with Crippen molar-refractivity contribution in [3.05, 3.63) is 58.9 Å². The van der Waals surface area contributed by atoms with Crippen LogP contribution >= 0.6 is 0 Å². The molecule has 0 spiro atoms. The van der Waals surface area contributed by atoms with E-state index in [1.54, 1.807) is 0 Å². The molecule has 0 aliphatic heterocycles. The molecule has 3 heteroatoms. The van der Waals surface area contributed by atoms with Crippen LogP contribution in [0.5, 0.6) is 0 Å². The first-order valence-corrected chi connectivity index (χ1v) is 7.85. The van der Waals surface area contributed by atoms with Crippen LogP contribution in [0.15, 0.2) is 36.5 Å². The molecule has 0 bridgehead atoms. The van der Waals surface area contributed by atoms with Gasteiger partial charge in [-0.1, -0.05) is 12.1 Å². The highest BCUT2D eigenvalue weighted by molar-refractivity contribution is 5.68. The van der Waals surface area contributed by atoms with Gasteiger partial charge in [0.1, 0.15) is 5.65 Å². The maximum absolute atomic E-state index is 5.72. The Hall–Kier alpha value is -2.13. The van der Waals surface area contributed by atoms with Crippen molar-refractivity contribution in [3.63, 3.8) is 0 Å². The molecule has 3 aromatic rings. The Morgan fingerprint density at radius 1 is 1.05 bits per heavy atom. The first kappa shape index (κ1) is 14.8. The SMILES string of the molecule is Cc1ccn2c(CCCN)c(-c3ccc(C)c(C)c3)nc2c1. The van der Waals surface area contributed by atoms with E-state index >= 15 is 0 Å². The van der Waals surface area contributed by atoms with Gasteiger partial charge in [-0.3, -0.25) is 0 Å². The molecule has 114 valence electrons. The Balaban J connectivity index is 2.19. The lowest BCUT2D eigenvalue weighted by Gasteiger charge is -2.07. The van der Waals surface area contributed by atoms with Crippen molar-refractivity contribution in [2.45, 2.75) is 33.6 Å². The molecule has 22 heavy (non-hydrogen) atoms. The maximum Gasteiger partial charge on any atom is 0.137 e. The van der Waals surface area contributed by atoms with Gasteiger partial charge in [-0.05, 0) is 75.0 Å². The van der Waals surface area contributed by atoms with Crippen LogP contribution in [0, 0.1) is 20.8 Å². The Kier molecular flexibility index (Phi) is 3.99. The minimum atomic E-state index is 0.700. The van der Waals surface area contributed by atoms with Crippen LogP contribution in [0.25, 0.3) is 16.9 Å². The normalized spacial score (nSPS) is 11.3. The zero-order chi connectivity index (χ0) is 15.7. The Bertz CT molecular complexity index is 815. The lowest BCUT2D eigenvalue weighted by molar-refractivity contribution is 0.804. The number of aromatic nitrogens is 2. The molecule has 2 aromatic heterocycles. The van der Waals surface area contributed by atoms with Gasteiger partial charge in [0.05, 0.1) is 11.4 Å². The third kappa shape index (κ3) is 2.64. The van der Waals surface area contributed by atoms with Crippen molar-refractivity contribution in [1.82, 2.24) is 9.38 Å². The van der Waals surface area contributed by atoms with E-state index in [9.17, 15) is 0 Å². The molecule has 0 atom stereocenters. The maximum atomic E-state index is 5.72. The number of aryl methyl sites for hydroxylation is 4. The fraction of sp³-hybridized carbons (Fsp3) is 0.316. The van der Waals surface area contributed by atoms with Gasteiger partial charge in [0.2, 0.25) is 0 Å². The van der Waals surface area contributed by atoms with Crippen molar-refractivity contribution >= 4 is 5.65 Å². The predicted molar refractivity (Wildman–Crippen MR) is 92.2 cm³/mol.